The highest BCUT2D eigenvalue weighted by Gasteiger charge is 1.97. The maximum atomic E-state index is 4.58. The first-order valence-electron chi connectivity index (χ1n) is 6.47. The Morgan fingerprint density at radius 1 is 1.11 bits per heavy atom. The SMILES string of the molecule is c1ccc2nc(NCCCn3ccnc3)ccc2c1. The average molecular weight is 252 g/mol. The van der Waals surface area contributed by atoms with Gasteiger partial charge in [0.15, 0.2) is 0 Å². The van der Waals surface area contributed by atoms with Gasteiger partial charge in [-0.25, -0.2) is 9.97 Å². The predicted molar refractivity (Wildman–Crippen MR) is 77.1 cm³/mol. The number of pyridine rings is 1. The van der Waals surface area contributed by atoms with Gasteiger partial charge in [0.1, 0.15) is 5.82 Å². The van der Waals surface area contributed by atoms with E-state index in [4.69, 9.17) is 0 Å². The second-order valence-corrected chi connectivity index (χ2v) is 4.47. The zero-order chi connectivity index (χ0) is 12.9. The molecule has 0 amide bonds. The molecule has 19 heavy (non-hydrogen) atoms. The molecular formula is C15H16N4. The van der Waals surface area contributed by atoms with Crippen LogP contribution in [0.1, 0.15) is 6.42 Å². The van der Waals surface area contributed by atoms with Gasteiger partial charge in [-0.2, -0.15) is 0 Å². The number of aromatic nitrogens is 3. The van der Waals surface area contributed by atoms with Crippen molar-refractivity contribution in [2.75, 3.05) is 11.9 Å². The van der Waals surface area contributed by atoms with Crippen LogP contribution >= 0.6 is 0 Å². The van der Waals surface area contributed by atoms with E-state index in [0.29, 0.717) is 0 Å². The monoisotopic (exact) mass is 252 g/mol. The number of benzene rings is 1. The van der Waals surface area contributed by atoms with Gasteiger partial charge in [0.2, 0.25) is 0 Å². The zero-order valence-corrected chi connectivity index (χ0v) is 10.7. The van der Waals surface area contributed by atoms with Crippen LogP contribution in [-0.4, -0.2) is 21.1 Å². The fraction of sp³-hybridized carbons (Fsp3) is 0.200. The van der Waals surface area contributed by atoms with Gasteiger partial charge in [-0.1, -0.05) is 18.2 Å². The summed E-state index contributed by atoms with van der Waals surface area (Å²) < 4.78 is 2.08. The van der Waals surface area contributed by atoms with Gasteiger partial charge >= 0.3 is 0 Å². The van der Waals surface area contributed by atoms with Gasteiger partial charge in [0, 0.05) is 30.9 Å². The highest BCUT2D eigenvalue weighted by Crippen LogP contribution is 2.14. The molecule has 0 spiro atoms. The van der Waals surface area contributed by atoms with Crippen LogP contribution in [0.15, 0.2) is 55.1 Å². The van der Waals surface area contributed by atoms with E-state index in [2.05, 4.69) is 32.0 Å². The lowest BCUT2D eigenvalue weighted by Gasteiger charge is -2.07. The number of nitrogens with zero attached hydrogens (tertiary/aromatic N) is 3. The van der Waals surface area contributed by atoms with E-state index in [1.807, 2.05) is 36.8 Å². The van der Waals surface area contributed by atoms with Crippen LogP contribution in [0.2, 0.25) is 0 Å². The Hall–Kier alpha value is -2.36. The third kappa shape index (κ3) is 2.91. The van der Waals surface area contributed by atoms with Gasteiger partial charge in [0.25, 0.3) is 0 Å². The molecule has 4 nitrogen and oxygen atoms in total. The molecule has 2 aromatic heterocycles. The van der Waals surface area contributed by atoms with Crippen molar-refractivity contribution in [2.45, 2.75) is 13.0 Å². The topological polar surface area (TPSA) is 42.7 Å². The van der Waals surface area contributed by atoms with Crippen LogP contribution in [0.3, 0.4) is 0 Å². The van der Waals surface area contributed by atoms with Crippen molar-refractivity contribution >= 4 is 16.7 Å². The highest BCUT2D eigenvalue weighted by molar-refractivity contribution is 5.79. The lowest BCUT2D eigenvalue weighted by Crippen LogP contribution is -2.06. The molecule has 0 aliphatic rings. The molecule has 3 rings (SSSR count). The largest absolute Gasteiger partial charge is 0.370 e. The van der Waals surface area contributed by atoms with Crippen molar-refractivity contribution < 1.29 is 0 Å². The molecule has 96 valence electrons. The normalized spacial score (nSPS) is 10.7. The summed E-state index contributed by atoms with van der Waals surface area (Å²) in [6, 6.07) is 12.3. The lowest BCUT2D eigenvalue weighted by atomic mass is 10.2. The van der Waals surface area contributed by atoms with Crippen LogP contribution in [0.5, 0.6) is 0 Å². The van der Waals surface area contributed by atoms with Crippen LogP contribution in [0.25, 0.3) is 10.9 Å². The second-order valence-electron chi connectivity index (χ2n) is 4.47. The van der Waals surface area contributed by atoms with E-state index < -0.39 is 0 Å². The molecule has 0 radical (unpaired) electrons. The molecule has 4 heteroatoms. The lowest BCUT2D eigenvalue weighted by molar-refractivity contribution is 0.660. The molecule has 0 fully saturated rings. The summed E-state index contributed by atoms with van der Waals surface area (Å²) in [5.74, 6) is 0.935. The Morgan fingerprint density at radius 3 is 2.95 bits per heavy atom. The Kier molecular flexibility index (Phi) is 3.40. The minimum Gasteiger partial charge on any atom is -0.370 e. The number of para-hydroxylation sites is 1. The predicted octanol–water partition coefficient (Wildman–Crippen LogP) is 2.93. The van der Waals surface area contributed by atoms with Gasteiger partial charge in [0.05, 0.1) is 11.8 Å². The van der Waals surface area contributed by atoms with Crippen molar-refractivity contribution in [3.8, 4) is 0 Å². The summed E-state index contributed by atoms with van der Waals surface area (Å²) in [5.41, 5.74) is 1.03. The van der Waals surface area contributed by atoms with E-state index >= 15 is 0 Å². The van der Waals surface area contributed by atoms with Crippen LogP contribution in [0.4, 0.5) is 5.82 Å². The third-order valence-corrected chi connectivity index (χ3v) is 3.06. The summed E-state index contributed by atoms with van der Waals surface area (Å²) in [6.45, 7) is 1.88. The number of imidazole rings is 1. The fourth-order valence-corrected chi connectivity index (χ4v) is 2.06. The molecule has 3 aromatic rings. The van der Waals surface area contributed by atoms with E-state index in [0.717, 1.165) is 30.8 Å². The highest BCUT2D eigenvalue weighted by atomic mass is 15.0. The van der Waals surface area contributed by atoms with Crippen molar-refractivity contribution in [1.29, 1.82) is 0 Å². The number of nitrogens with one attached hydrogen (secondary N) is 1. The molecule has 0 bridgehead atoms. The molecule has 1 N–H and O–H groups in total. The number of hydrogen-bond acceptors (Lipinski definition) is 3. The Balaban J connectivity index is 1.56. The van der Waals surface area contributed by atoms with Gasteiger partial charge < -0.3 is 9.88 Å². The van der Waals surface area contributed by atoms with Crippen molar-refractivity contribution in [2.24, 2.45) is 0 Å². The zero-order valence-electron chi connectivity index (χ0n) is 10.7. The smallest absolute Gasteiger partial charge is 0.126 e. The first-order valence-corrected chi connectivity index (χ1v) is 6.47. The van der Waals surface area contributed by atoms with Crippen LogP contribution in [-0.2, 0) is 6.54 Å². The number of fused-ring (bicyclic) bond motifs is 1. The first kappa shape index (κ1) is 11.7. The van der Waals surface area contributed by atoms with E-state index in [9.17, 15) is 0 Å². The van der Waals surface area contributed by atoms with E-state index in [-0.39, 0.29) is 0 Å². The van der Waals surface area contributed by atoms with Crippen molar-refractivity contribution in [3.63, 3.8) is 0 Å². The molecular weight excluding hydrogens is 236 g/mol. The van der Waals surface area contributed by atoms with Gasteiger partial charge in [-0.3, -0.25) is 0 Å². The molecule has 0 aliphatic carbocycles. The summed E-state index contributed by atoms with van der Waals surface area (Å²) in [4.78, 5) is 8.60. The quantitative estimate of drug-likeness (QED) is 0.710. The maximum absolute atomic E-state index is 4.58. The summed E-state index contributed by atoms with van der Waals surface area (Å²) in [5, 5.41) is 4.53. The summed E-state index contributed by atoms with van der Waals surface area (Å²) >= 11 is 0. The molecule has 0 unspecified atom stereocenters. The van der Waals surface area contributed by atoms with Crippen LogP contribution in [0, 0.1) is 0 Å². The molecule has 0 saturated carbocycles. The van der Waals surface area contributed by atoms with E-state index in [1.165, 1.54) is 5.39 Å². The molecule has 0 saturated heterocycles. The van der Waals surface area contributed by atoms with Crippen molar-refractivity contribution in [1.82, 2.24) is 14.5 Å². The van der Waals surface area contributed by atoms with Crippen LogP contribution < -0.4 is 5.32 Å². The van der Waals surface area contributed by atoms with Crippen molar-refractivity contribution in [3.05, 3.63) is 55.1 Å². The second kappa shape index (κ2) is 5.52. The fourth-order valence-electron chi connectivity index (χ4n) is 2.06. The average Bonchev–Trinajstić information content (AvgIpc) is 2.97. The minimum atomic E-state index is 0.906. The van der Waals surface area contributed by atoms with Gasteiger partial charge in [-0.15, -0.1) is 0 Å². The number of anilines is 1. The first-order chi connectivity index (χ1) is 9.42. The Bertz CT molecular complexity index is 646. The standard InChI is InChI=1S/C15H16N4/c1-2-5-14-13(4-1)6-7-15(18-14)17-8-3-10-19-11-9-16-12-19/h1-2,4-7,9,11-12H,3,8,10H2,(H,17,18). The van der Waals surface area contributed by atoms with Gasteiger partial charge in [-0.05, 0) is 24.6 Å². The van der Waals surface area contributed by atoms with E-state index in [1.54, 1.807) is 6.20 Å². The molecule has 0 atom stereocenters. The summed E-state index contributed by atoms with van der Waals surface area (Å²) in [7, 11) is 0. The molecule has 1 aromatic carbocycles. The summed E-state index contributed by atoms with van der Waals surface area (Å²) in [6.07, 6.45) is 6.67. The number of hydrogen-bond donors (Lipinski definition) is 1. The third-order valence-electron chi connectivity index (χ3n) is 3.06. The Morgan fingerprint density at radius 2 is 2.05 bits per heavy atom. The Labute approximate surface area is 112 Å². The number of rotatable bonds is 5. The minimum absolute atomic E-state index is 0.906. The maximum Gasteiger partial charge on any atom is 0.126 e. The molecule has 2 heterocycles. The molecule has 0 aliphatic heterocycles. The number of aryl methyl sites for hydroxylation is 1.